The molecule has 0 spiro atoms. The molecule has 0 aromatic carbocycles. The smallest absolute Gasteiger partial charge is 0.431 e. The highest BCUT2D eigenvalue weighted by Gasteiger charge is 2.74. The van der Waals surface area contributed by atoms with Crippen LogP contribution in [-0.4, -0.2) is 83.3 Å². The number of hydrogen-bond donors (Lipinski definition) is 1. The van der Waals surface area contributed by atoms with Crippen molar-refractivity contribution in [3.05, 3.63) is 0 Å². The normalized spacial score (nSPS) is 16.2. The van der Waals surface area contributed by atoms with Crippen LogP contribution in [0.15, 0.2) is 0 Å². The van der Waals surface area contributed by atoms with Gasteiger partial charge >= 0.3 is 24.7 Å². The third kappa shape index (κ3) is 13.5. The first-order valence-corrected chi connectivity index (χ1v) is 12.5. The predicted molar refractivity (Wildman–Crippen MR) is 107 cm³/mol. The summed E-state index contributed by atoms with van der Waals surface area (Å²) in [5, 5.41) is 0. The van der Waals surface area contributed by atoms with Crippen LogP contribution >= 0.6 is 0 Å². The molecule has 0 fully saturated rings. The zero-order valence-corrected chi connectivity index (χ0v) is 22.1. The zero-order chi connectivity index (χ0) is 29.7. The second-order valence-electron chi connectivity index (χ2n) is 9.79. The van der Waals surface area contributed by atoms with Crippen molar-refractivity contribution in [3.63, 3.8) is 0 Å². The van der Waals surface area contributed by atoms with Gasteiger partial charge in [-0.15, -0.1) is 0 Å². The van der Waals surface area contributed by atoms with Crippen molar-refractivity contribution in [3.8, 4) is 0 Å². The van der Waals surface area contributed by atoms with Crippen LogP contribution < -0.4 is 17.1 Å². The Hall–Kier alpha value is -0.750. The largest absolute Gasteiger partial charge is 1.00 e. The molecule has 1 N–H and O–H groups in total. The van der Waals surface area contributed by atoms with Crippen LogP contribution in [0.4, 0.5) is 57.1 Å². The molecule has 0 saturated carbocycles. The molecule has 232 valence electrons. The third-order valence-corrected chi connectivity index (χ3v) is 6.93. The highest BCUT2D eigenvalue weighted by Crippen LogP contribution is 2.53. The molecule has 0 rings (SSSR count). The lowest BCUT2D eigenvalue weighted by Crippen LogP contribution is -3.00. The number of nitrogens with zero attached hydrogens (tertiary/aromatic N) is 1. The van der Waals surface area contributed by atoms with Gasteiger partial charge in [0.1, 0.15) is 0 Å². The van der Waals surface area contributed by atoms with Crippen LogP contribution in [0.3, 0.4) is 0 Å². The van der Waals surface area contributed by atoms with Crippen molar-refractivity contribution in [2.45, 2.75) is 68.9 Å². The van der Waals surface area contributed by atoms with Crippen LogP contribution in [0.25, 0.3) is 0 Å². The minimum atomic E-state index is -6.87. The Bertz CT molecular complexity index is 790. The van der Waals surface area contributed by atoms with Gasteiger partial charge in [0.05, 0.1) is 45.3 Å². The Kier molecular flexibility index (Phi) is 14.2. The van der Waals surface area contributed by atoms with Gasteiger partial charge in [-0.25, -0.2) is 17.5 Å². The van der Waals surface area contributed by atoms with Crippen LogP contribution in [0.1, 0.15) is 38.5 Å². The number of hydrogen-bond acceptors (Lipinski definition) is 2. The molecule has 0 heterocycles. The average Bonchev–Trinajstić information content (AvgIpc) is 2.62. The Balaban J connectivity index is 0. The second-order valence-corrected chi connectivity index (χ2v) is 11.7. The maximum absolute atomic E-state index is 13.9. The van der Waals surface area contributed by atoms with Crippen molar-refractivity contribution in [2.75, 3.05) is 40.0 Å². The topological polar surface area (TPSA) is 46.2 Å². The summed E-state index contributed by atoms with van der Waals surface area (Å²) in [7, 11) is 1.57. The summed E-state index contributed by atoms with van der Waals surface area (Å²) in [5.41, 5.74) is -6.39. The number of unbranched alkanes of at least 4 members (excludes halogenated alkanes) is 1. The quantitative estimate of drug-likeness (QED) is 0.182. The van der Waals surface area contributed by atoms with E-state index < -0.39 is 90.1 Å². The van der Waals surface area contributed by atoms with Crippen molar-refractivity contribution < 1.29 is 82.4 Å². The van der Waals surface area contributed by atoms with E-state index in [1.165, 1.54) is 0 Å². The van der Waals surface area contributed by atoms with Gasteiger partial charge in [0.15, 0.2) is 0 Å². The molecule has 38 heavy (non-hydrogen) atoms. The van der Waals surface area contributed by atoms with E-state index in [1.54, 1.807) is 0 Å². The first-order chi connectivity index (χ1) is 16.1. The fraction of sp³-hybridized carbons (Fsp3) is 1.00. The Morgan fingerprint density at radius 3 is 1.53 bits per heavy atom. The Labute approximate surface area is 218 Å². The molecular weight excluding hydrogens is 603 g/mol. The highest BCUT2D eigenvalue weighted by molar-refractivity contribution is 7.89. The van der Waals surface area contributed by atoms with Crippen LogP contribution in [0, 0.1) is 11.8 Å². The molecule has 0 amide bonds. The average molecular weight is 633 g/mol. The lowest BCUT2D eigenvalue weighted by Gasteiger charge is -2.35. The number of halogens is 14. The number of sulfonamides is 1. The van der Waals surface area contributed by atoms with Gasteiger partial charge in [0.2, 0.25) is 10.0 Å². The zero-order valence-electron chi connectivity index (χ0n) is 20.5. The lowest BCUT2D eigenvalue weighted by molar-refractivity contribution is -0.870. The Morgan fingerprint density at radius 1 is 0.711 bits per heavy atom. The fourth-order valence-electron chi connectivity index (χ4n) is 3.36. The molecule has 0 aromatic rings. The summed E-state index contributed by atoms with van der Waals surface area (Å²) >= 11 is 0. The van der Waals surface area contributed by atoms with Crippen molar-refractivity contribution >= 4 is 10.0 Å². The molecule has 0 aliphatic rings. The van der Waals surface area contributed by atoms with E-state index in [1.807, 2.05) is 21.1 Å². The van der Waals surface area contributed by atoms with Gasteiger partial charge in [-0.05, 0) is 19.3 Å². The minimum absolute atomic E-state index is 0. The molecule has 0 radical (unpaired) electrons. The minimum Gasteiger partial charge on any atom is -1.00 e. The van der Waals surface area contributed by atoms with Gasteiger partial charge in [-0.3, -0.25) is 0 Å². The maximum Gasteiger partial charge on any atom is 0.431 e. The lowest BCUT2D eigenvalue weighted by atomic mass is 9.82. The summed E-state index contributed by atoms with van der Waals surface area (Å²) in [6.07, 6.45) is -32.8. The molecule has 0 saturated heterocycles. The molecule has 0 aromatic heterocycles. The van der Waals surface area contributed by atoms with Gasteiger partial charge in [-0.1, -0.05) is 6.42 Å². The van der Waals surface area contributed by atoms with E-state index in [0.717, 1.165) is 0 Å². The molecule has 2 unspecified atom stereocenters. The monoisotopic (exact) mass is 632 g/mol. The number of alkyl halides is 13. The molecule has 4 nitrogen and oxygen atoms in total. The van der Waals surface area contributed by atoms with Gasteiger partial charge in [0, 0.05) is 19.4 Å². The standard InChI is InChI=1S/C19H30F13N2O2S.ClH/c1-34(2,3)9-6-8-33-37(35,36)10-5-4-7-13(16(21,22)23)11-14(17(24,25)26)12-15(20,18(27,28)29)19(30,31)32;/h13-14,33H,4-12H2,1-3H3;1H/q+1;/p-1. The summed E-state index contributed by atoms with van der Waals surface area (Å²) in [6.45, 7) is 0.596. The van der Waals surface area contributed by atoms with E-state index in [4.69, 9.17) is 0 Å². The van der Waals surface area contributed by atoms with Crippen molar-refractivity contribution in [1.29, 1.82) is 0 Å². The van der Waals surface area contributed by atoms with E-state index in [2.05, 4.69) is 4.72 Å². The van der Waals surface area contributed by atoms with Crippen LogP contribution in [0.2, 0.25) is 0 Å². The maximum atomic E-state index is 13.9. The number of quaternary nitrogens is 1. The molecular formula is C19H30ClF13N2O2S. The highest BCUT2D eigenvalue weighted by atomic mass is 35.5. The van der Waals surface area contributed by atoms with E-state index in [0.29, 0.717) is 17.4 Å². The van der Waals surface area contributed by atoms with E-state index >= 15 is 0 Å². The first kappa shape index (κ1) is 39.4. The van der Waals surface area contributed by atoms with E-state index in [9.17, 15) is 65.5 Å². The van der Waals surface area contributed by atoms with Crippen molar-refractivity contribution in [1.82, 2.24) is 4.72 Å². The van der Waals surface area contributed by atoms with Gasteiger partial charge in [0.25, 0.3) is 5.67 Å². The van der Waals surface area contributed by atoms with E-state index in [-0.39, 0.29) is 19.0 Å². The Morgan fingerprint density at radius 2 is 1.16 bits per heavy atom. The molecule has 0 bridgehead atoms. The second kappa shape index (κ2) is 13.7. The third-order valence-electron chi connectivity index (χ3n) is 5.46. The van der Waals surface area contributed by atoms with Crippen molar-refractivity contribution in [2.24, 2.45) is 11.8 Å². The number of rotatable bonds is 14. The van der Waals surface area contributed by atoms with Gasteiger partial charge in [-0.2, -0.15) is 52.7 Å². The summed E-state index contributed by atoms with van der Waals surface area (Å²) in [4.78, 5) is 0. The van der Waals surface area contributed by atoms with Crippen LogP contribution in [-0.2, 0) is 10.0 Å². The molecule has 0 aliphatic carbocycles. The summed E-state index contributed by atoms with van der Waals surface area (Å²) in [6, 6.07) is 0. The van der Waals surface area contributed by atoms with Crippen LogP contribution in [0.5, 0.6) is 0 Å². The summed E-state index contributed by atoms with van der Waals surface area (Å²) < 4.78 is 196. The van der Waals surface area contributed by atoms with Gasteiger partial charge < -0.3 is 16.9 Å². The fourth-order valence-corrected chi connectivity index (χ4v) is 4.54. The predicted octanol–water partition coefficient (Wildman–Crippen LogP) is 3.15. The molecule has 19 heteroatoms. The SMILES string of the molecule is C[N+](C)(C)CCCNS(=O)(=O)CCCCC(CC(CC(F)(C(F)(F)F)C(F)(F)F)C(F)(F)F)C(F)(F)F.[Cl-]. The summed E-state index contributed by atoms with van der Waals surface area (Å²) in [5.74, 6) is -7.69. The molecule has 0 aliphatic heterocycles. The number of nitrogens with one attached hydrogen (secondary N) is 1. The molecule has 2 atom stereocenters. The first-order valence-electron chi connectivity index (χ1n) is 10.9.